The van der Waals surface area contributed by atoms with E-state index in [-0.39, 0.29) is 0 Å². The Morgan fingerprint density at radius 1 is 1.38 bits per heavy atom. The van der Waals surface area contributed by atoms with E-state index in [1.54, 1.807) is 0 Å². The number of hydrogen-bond donors (Lipinski definition) is 0. The predicted molar refractivity (Wildman–Crippen MR) is 54.3 cm³/mol. The fraction of sp³-hybridized carbons (Fsp3) is 0.909. The molecule has 0 amide bonds. The van der Waals surface area contributed by atoms with E-state index in [2.05, 4.69) is 17.9 Å². The van der Waals surface area contributed by atoms with Crippen LogP contribution >= 0.6 is 0 Å². The first-order chi connectivity index (χ1) is 6.36. The van der Waals surface area contributed by atoms with E-state index in [1.807, 2.05) is 0 Å². The van der Waals surface area contributed by atoms with Crippen LogP contribution in [0.25, 0.3) is 0 Å². The second-order valence-electron chi connectivity index (χ2n) is 3.98. The van der Waals surface area contributed by atoms with Gasteiger partial charge in [0, 0.05) is 13.0 Å². The Labute approximate surface area is 81.5 Å². The van der Waals surface area contributed by atoms with Crippen molar-refractivity contribution in [3.63, 3.8) is 0 Å². The molecule has 0 radical (unpaired) electrons. The number of hydrogen-bond acceptors (Lipinski definition) is 2. The van der Waals surface area contributed by atoms with Crippen LogP contribution < -0.4 is 0 Å². The average Bonchev–Trinajstić information content (AvgIpc) is 2.17. The molecule has 74 valence electrons. The Hall–Kier alpha value is -0.550. The SMILES string of the molecule is CCCC1CCN(CCC#N)CC1. The maximum atomic E-state index is 8.46. The topological polar surface area (TPSA) is 27.0 Å². The Bertz CT molecular complexity index is 163. The van der Waals surface area contributed by atoms with E-state index >= 15 is 0 Å². The lowest BCUT2D eigenvalue weighted by atomic mass is 9.92. The summed E-state index contributed by atoms with van der Waals surface area (Å²) in [7, 11) is 0. The smallest absolute Gasteiger partial charge is 0.0635 e. The number of nitrogens with zero attached hydrogens (tertiary/aromatic N) is 2. The van der Waals surface area contributed by atoms with Crippen molar-refractivity contribution >= 4 is 0 Å². The summed E-state index contributed by atoms with van der Waals surface area (Å²) in [6.45, 7) is 5.68. The molecule has 1 aliphatic rings. The quantitative estimate of drug-likeness (QED) is 0.664. The van der Waals surface area contributed by atoms with Crippen LogP contribution in [0.4, 0.5) is 0 Å². The highest BCUT2D eigenvalue weighted by molar-refractivity contribution is 4.76. The van der Waals surface area contributed by atoms with E-state index in [0.717, 1.165) is 12.5 Å². The first kappa shape index (κ1) is 10.5. The number of rotatable bonds is 4. The van der Waals surface area contributed by atoms with Crippen molar-refractivity contribution in [2.75, 3.05) is 19.6 Å². The normalized spacial score (nSPS) is 20.0. The van der Waals surface area contributed by atoms with E-state index in [4.69, 9.17) is 5.26 Å². The van der Waals surface area contributed by atoms with Gasteiger partial charge < -0.3 is 4.90 Å². The summed E-state index contributed by atoms with van der Waals surface area (Å²) in [4.78, 5) is 2.43. The van der Waals surface area contributed by atoms with E-state index in [9.17, 15) is 0 Å². The van der Waals surface area contributed by atoms with E-state index < -0.39 is 0 Å². The molecule has 0 aromatic carbocycles. The van der Waals surface area contributed by atoms with Gasteiger partial charge in [0.2, 0.25) is 0 Å². The fourth-order valence-corrected chi connectivity index (χ4v) is 2.12. The summed E-state index contributed by atoms with van der Waals surface area (Å²) in [6, 6.07) is 2.21. The molecule has 0 saturated carbocycles. The van der Waals surface area contributed by atoms with Crippen LogP contribution in [-0.4, -0.2) is 24.5 Å². The summed E-state index contributed by atoms with van der Waals surface area (Å²) < 4.78 is 0. The maximum Gasteiger partial charge on any atom is 0.0635 e. The molecule has 0 spiro atoms. The maximum absolute atomic E-state index is 8.46. The lowest BCUT2D eigenvalue weighted by Gasteiger charge is -2.31. The van der Waals surface area contributed by atoms with Gasteiger partial charge in [-0.1, -0.05) is 19.8 Å². The third-order valence-corrected chi connectivity index (χ3v) is 2.94. The van der Waals surface area contributed by atoms with Gasteiger partial charge in [-0.15, -0.1) is 0 Å². The van der Waals surface area contributed by atoms with Gasteiger partial charge in [-0.2, -0.15) is 5.26 Å². The molecule has 0 aromatic heterocycles. The van der Waals surface area contributed by atoms with Gasteiger partial charge in [0.25, 0.3) is 0 Å². The van der Waals surface area contributed by atoms with Crippen molar-refractivity contribution in [2.45, 2.75) is 39.0 Å². The van der Waals surface area contributed by atoms with Crippen LogP contribution in [0.3, 0.4) is 0 Å². The molecule has 0 aliphatic carbocycles. The fourth-order valence-electron chi connectivity index (χ4n) is 2.12. The van der Waals surface area contributed by atoms with Crippen LogP contribution in [0.2, 0.25) is 0 Å². The molecule has 0 atom stereocenters. The van der Waals surface area contributed by atoms with Crippen molar-refractivity contribution in [1.82, 2.24) is 4.90 Å². The zero-order chi connectivity index (χ0) is 9.52. The van der Waals surface area contributed by atoms with Gasteiger partial charge >= 0.3 is 0 Å². The summed E-state index contributed by atoms with van der Waals surface area (Å²) >= 11 is 0. The van der Waals surface area contributed by atoms with Crippen LogP contribution in [-0.2, 0) is 0 Å². The van der Waals surface area contributed by atoms with Crippen LogP contribution in [0.15, 0.2) is 0 Å². The molecule has 1 fully saturated rings. The lowest BCUT2D eigenvalue weighted by Crippen LogP contribution is -2.34. The Balaban J connectivity index is 2.12. The molecule has 2 heteroatoms. The Kier molecular flexibility index (Phi) is 4.85. The van der Waals surface area contributed by atoms with Crippen molar-refractivity contribution in [3.05, 3.63) is 0 Å². The molecule has 1 aliphatic heterocycles. The lowest BCUT2D eigenvalue weighted by molar-refractivity contribution is 0.182. The van der Waals surface area contributed by atoms with Crippen LogP contribution in [0, 0.1) is 17.2 Å². The minimum Gasteiger partial charge on any atom is -0.302 e. The third kappa shape index (κ3) is 3.78. The largest absolute Gasteiger partial charge is 0.302 e. The van der Waals surface area contributed by atoms with Gasteiger partial charge in [-0.05, 0) is 31.8 Å². The first-order valence-electron chi connectivity index (χ1n) is 5.46. The van der Waals surface area contributed by atoms with Gasteiger partial charge in [0.1, 0.15) is 0 Å². The molecular weight excluding hydrogens is 160 g/mol. The highest BCUT2D eigenvalue weighted by atomic mass is 15.1. The molecule has 0 N–H and O–H groups in total. The van der Waals surface area contributed by atoms with Crippen molar-refractivity contribution in [2.24, 2.45) is 5.92 Å². The van der Waals surface area contributed by atoms with Crippen LogP contribution in [0.1, 0.15) is 39.0 Å². The molecule has 0 aromatic rings. The highest BCUT2D eigenvalue weighted by Gasteiger charge is 2.17. The molecule has 1 heterocycles. The molecule has 2 nitrogen and oxygen atoms in total. The third-order valence-electron chi connectivity index (χ3n) is 2.94. The second-order valence-corrected chi connectivity index (χ2v) is 3.98. The molecule has 13 heavy (non-hydrogen) atoms. The molecule has 0 bridgehead atoms. The summed E-state index contributed by atoms with van der Waals surface area (Å²) in [6.07, 6.45) is 6.10. The van der Waals surface area contributed by atoms with E-state index in [0.29, 0.717) is 6.42 Å². The van der Waals surface area contributed by atoms with Gasteiger partial charge in [-0.25, -0.2) is 0 Å². The Morgan fingerprint density at radius 2 is 2.08 bits per heavy atom. The van der Waals surface area contributed by atoms with Crippen molar-refractivity contribution in [1.29, 1.82) is 5.26 Å². The minimum absolute atomic E-state index is 0.693. The zero-order valence-corrected chi connectivity index (χ0v) is 8.63. The average molecular weight is 180 g/mol. The first-order valence-corrected chi connectivity index (χ1v) is 5.46. The highest BCUT2D eigenvalue weighted by Crippen LogP contribution is 2.21. The number of piperidine rings is 1. The number of nitriles is 1. The molecule has 1 saturated heterocycles. The predicted octanol–water partition coefficient (Wildman–Crippen LogP) is 2.41. The van der Waals surface area contributed by atoms with Gasteiger partial charge in [0.15, 0.2) is 0 Å². The monoisotopic (exact) mass is 180 g/mol. The second kappa shape index (κ2) is 5.99. The summed E-state index contributed by atoms with van der Waals surface area (Å²) in [5.74, 6) is 0.961. The number of likely N-dealkylation sites (tertiary alicyclic amines) is 1. The van der Waals surface area contributed by atoms with Gasteiger partial charge in [0.05, 0.1) is 6.07 Å². The van der Waals surface area contributed by atoms with Crippen molar-refractivity contribution in [3.8, 4) is 6.07 Å². The molecular formula is C11H20N2. The van der Waals surface area contributed by atoms with Gasteiger partial charge in [-0.3, -0.25) is 0 Å². The molecule has 0 unspecified atom stereocenters. The summed E-state index contributed by atoms with van der Waals surface area (Å²) in [5.41, 5.74) is 0. The zero-order valence-electron chi connectivity index (χ0n) is 8.63. The Morgan fingerprint density at radius 3 is 2.62 bits per heavy atom. The van der Waals surface area contributed by atoms with Crippen LogP contribution in [0.5, 0.6) is 0 Å². The van der Waals surface area contributed by atoms with Crippen molar-refractivity contribution < 1.29 is 0 Å². The standard InChI is InChI=1S/C11H20N2/c1-2-4-11-5-9-13(10-6-11)8-3-7-12/h11H,2-6,8-10H2,1H3. The molecule has 1 rings (SSSR count). The van der Waals surface area contributed by atoms with E-state index in [1.165, 1.54) is 38.8 Å². The summed E-state index contributed by atoms with van der Waals surface area (Å²) in [5, 5.41) is 8.46. The minimum atomic E-state index is 0.693.